The van der Waals surface area contributed by atoms with E-state index in [1.807, 2.05) is 12.1 Å². The topological polar surface area (TPSA) is 53.6 Å². The highest BCUT2D eigenvalue weighted by atomic mass is 16.5. The average Bonchev–Trinajstić information content (AvgIpc) is 3.08. The number of rotatable bonds is 5. The number of benzene rings is 1. The smallest absolute Gasteiger partial charge is 0.319 e. The maximum absolute atomic E-state index is 11.9. The Balaban J connectivity index is 1.41. The third kappa shape index (κ3) is 5.22. The minimum atomic E-state index is -0.0852. The predicted octanol–water partition coefficient (Wildman–Crippen LogP) is 2.63. The van der Waals surface area contributed by atoms with Crippen molar-refractivity contribution in [3.8, 4) is 0 Å². The molecule has 0 bridgehead atoms. The molecule has 1 aliphatic heterocycles. The van der Waals surface area contributed by atoms with E-state index in [1.54, 1.807) is 0 Å². The van der Waals surface area contributed by atoms with Crippen molar-refractivity contribution in [2.75, 3.05) is 38.2 Å². The summed E-state index contributed by atoms with van der Waals surface area (Å²) in [5.41, 5.74) is 2.16. The van der Waals surface area contributed by atoms with Crippen LogP contribution in [-0.2, 0) is 11.2 Å². The van der Waals surface area contributed by atoms with Gasteiger partial charge in [-0.15, -0.1) is 0 Å². The standard InChI is InChI=1S/C18H27N3O2/c22-18(19-16-3-1-2-4-16)20-17-7-5-15(6-8-17)9-10-21-11-13-23-14-12-21/h5-8,16H,1-4,9-14H2,(H2,19,20,22). The monoisotopic (exact) mass is 317 g/mol. The molecule has 1 saturated carbocycles. The first kappa shape index (κ1) is 16.3. The third-order valence-corrected chi connectivity index (χ3v) is 4.72. The van der Waals surface area contributed by atoms with Crippen molar-refractivity contribution < 1.29 is 9.53 Å². The molecule has 0 radical (unpaired) electrons. The van der Waals surface area contributed by atoms with Gasteiger partial charge in [0, 0.05) is 31.4 Å². The highest BCUT2D eigenvalue weighted by molar-refractivity contribution is 5.89. The molecule has 3 rings (SSSR count). The molecule has 1 aromatic carbocycles. The van der Waals surface area contributed by atoms with Gasteiger partial charge >= 0.3 is 6.03 Å². The average molecular weight is 317 g/mol. The van der Waals surface area contributed by atoms with Gasteiger partial charge in [0.1, 0.15) is 0 Å². The van der Waals surface area contributed by atoms with Gasteiger partial charge in [-0.05, 0) is 37.0 Å². The normalized spacial score (nSPS) is 19.7. The predicted molar refractivity (Wildman–Crippen MR) is 91.8 cm³/mol. The zero-order chi connectivity index (χ0) is 15.9. The molecule has 2 N–H and O–H groups in total. The Labute approximate surface area is 138 Å². The Hall–Kier alpha value is -1.59. The van der Waals surface area contributed by atoms with Crippen molar-refractivity contribution in [1.29, 1.82) is 0 Å². The molecule has 2 fully saturated rings. The lowest BCUT2D eigenvalue weighted by atomic mass is 10.1. The summed E-state index contributed by atoms with van der Waals surface area (Å²) in [4.78, 5) is 14.4. The first-order valence-corrected chi connectivity index (χ1v) is 8.76. The van der Waals surface area contributed by atoms with Crippen LogP contribution >= 0.6 is 0 Å². The third-order valence-electron chi connectivity index (χ3n) is 4.72. The first-order valence-electron chi connectivity index (χ1n) is 8.76. The Bertz CT molecular complexity index is 491. The van der Waals surface area contributed by atoms with Gasteiger partial charge in [-0.3, -0.25) is 4.90 Å². The molecule has 5 nitrogen and oxygen atoms in total. The van der Waals surface area contributed by atoms with Gasteiger partial charge < -0.3 is 15.4 Å². The van der Waals surface area contributed by atoms with Crippen LogP contribution in [0.2, 0.25) is 0 Å². The van der Waals surface area contributed by atoms with Crippen molar-refractivity contribution >= 4 is 11.7 Å². The quantitative estimate of drug-likeness (QED) is 0.878. The van der Waals surface area contributed by atoms with Crippen molar-refractivity contribution in [3.05, 3.63) is 29.8 Å². The number of anilines is 1. The second-order valence-corrected chi connectivity index (χ2v) is 6.48. The van der Waals surface area contributed by atoms with Gasteiger partial charge in [0.2, 0.25) is 0 Å². The van der Waals surface area contributed by atoms with Gasteiger partial charge in [0.15, 0.2) is 0 Å². The van der Waals surface area contributed by atoms with Crippen LogP contribution in [0.3, 0.4) is 0 Å². The van der Waals surface area contributed by atoms with E-state index in [0.29, 0.717) is 6.04 Å². The molecule has 23 heavy (non-hydrogen) atoms. The zero-order valence-electron chi connectivity index (χ0n) is 13.7. The number of urea groups is 1. The van der Waals surface area contributed by atoms with E-state index in [4.69, 9.17) is 4.74 Å². The lowest BCUT2D eigenvalue weighted by molar-refractivity contribution is 0.0384. The largest absolute Gasteiger partial charge is 0.379 e. The van der Waals surface area contributed by atoms with E-state index < -0.39 is 0 Å². The maximum Gasteiger partial charge on any atom is 0.319 e. The van der Waals surface area contributed by atoms with Crippen molar-refractivity contribution in [2.24, 2.45) is 0 Å². The summed E-state index contributed by atoms with van der Waals surface area (Å²) >= 11 is 0. The molecular weight excluding hydrogens is 290 g/mol. The number of hydrogen-bond donors (Lipinski definition) is 2. The minimum Gasteiger partial charge on any atom is -0.379 e. The second-order valence-electron chi connectivity index (χ2n) is 6.48. The molecule has 126 valence electrons. The molecule has 5 heteroatoms. The highest BCUT2D eigenvalue weighted by Gasteiger charge is 2.17. The second kappa shape index (κ2) is 8.31. The Morgan fingerprint density at radius 2 is 1.83 bits per heavy atom. The first-order chi connectivity index (χ1) is 11.3. The minimum absolute atomic E-state index is 0.0852. The number of morpholine rings is 1. The van der Waals surface area contributed by atoms with E-state index in [0.717, 1.165) is 57.8 Å². The van der Waals surface area contributed by atoms with Gasteiger partial charge in [-0.1, -0.05) is 25.0 Å². The Morgan fingerprint density at radius 1 is 1.13 bits per heavy atom. The molecule has 1 saturated heterocycles. The molecule has 0 unspecified atom stereocenters. The summed E-state index contributed by atoms with van der Waals surface area (Å²) in [5, 5.41) is 5.97. The van der Waals surface area contributed by atoms with Crippen LogP contribution in [0.15, 0.2) is 24.3 Å². The summed E-state index contributed by atoms with van der Waals surface area (Å²) in [6.07, 6.45) is 5.70. The maximum atomic E-state index is 11.9. The van der Waals surface area contributed by atoms with Crippen LogP contribution in [0.1, 0.15) is 31.2 Å². The molecule has 1 aromatic rings. The van der Waals surface area contributed by atoms with E-state index in [2.05, 4.69) is 27.7 Å². The lowest BCUT2D eigenvalue weighted by Gasteiger charge is -2.26. The lowest BCUT2D eigenvalue weighted by Crippen LogP contribution is -2.37. The number of nitrogens with zero attached hydrogens (tertiary/aromatic N) is 1. The van der Waals surface area contributed by atoms with Crippen LogP contribution in [0, 0.1) is 0 Å². The van der Waals surface area contributed by atoms with Gasteiger partial charge in [-0.25, -0.2) is 4.79 Å². The summed E-state index contributed by atoms with van der Waals surface area (Å²) in [5.74, 6) is 0. The van der Waals surface area contributed by atoms with E-state index in [9.17, 15) is 4.79 Å². The molecule has 2 aliphatic rings. The van der Waals surface area contributed by atoms with Gasteiger partial charge in [0.25, 0.3) is 0 Å². The summed E-state index contributed by atoms with van der Waals surface area (Å²) in [6, 6.07) is 8.45. The Morgan fingerprint density at radius 3 is 2.52 bits per heavy atom. The summed E-state index contributed by atoms with van der Waals surface area (Å²) < 4.78 is 5.36. The Kier molecular flexibility index (Phi) is 5.88. The van der Waals surface area contributed by atoms with Crippen LogP contribution < -0.4 is 10.6 Å². The van der Waals surface area contributed by atoms with Crippen molar-refractivity contribution in [3.63, 3.8) is 0 Å². The zero-order valence-corrected chi connectivity index (χ0v) is 13.7. The molecule has 1 heterocycles. The number of hydrogen-bond acceptors (Lipinski definition) is 3. The van der Waals surface area contributed by atoms with E-state index in [-0.39, 0.29) is 6.03 Å². The summed E-state index contributed by atoms with van der Waals surface area (Å²) in [7, 11) is 0. The van der Waals surface area contributed by atoms with Crippen LogP contribution in [0.25, 0.3) is 0 Å². The van der Waals surface area contributed by atoms with Crippen molar-refractivity contribution in [2.45, 2.75) is 38.1 Å². The number of carbonyl (C=O) groups excluding carboxylic acids is 1. The molecule has 0 atom stereocenters. The number of nitrogens with one attached hydrogen (secondary N) is 2. The van der Waals surface area contributed by atoms with Crippen LogP contribution in [0.4, 0.5) is 10.5 Å². The number of amides is 2. The highest BCUT2D eigenvalue weighted by Crippen LogP contribution is 2.18. The van der Waals surface area contributed by atoms with Gasteiger partial charge in [-0.2, -0.15) is 0 Å². The van der Waals surface area contributed by atoms with Crippen LogP contribution in [-0.4, -0.2) is 49.8 Å². The molecule has 0 aromatic heterocycles. The fourth-order valence-corrected chi connectivity index (χ4v) is 3.29. The SMILES string of the molecule is O=C(Nc1ccc(CCN2CCOCC2)cc1)NC1CCCC1. The number of ether oxygens (including phenoxy) is 1. The fraction of sp³-hybridized carbons (Fsp3) is 0.611. The molecule has 1 aliphatic carbocycles. The van der Waals surface area contributed by atoms with E-state index in [1.165, 1.54) is 18.4 Å². The van der Waals surface area contributed by atoms with Gasteiger partial charge in [0.05, 0.1) is 13.2 Å². The molecule has 0 spiro atoms. The summed E-state index contributed by atoms with van der Waals surface area (Å²) in [6.45, 7) is 4.82. The molecule has 2 amide bonds. The molecular formula is C18H27N3O2. The fourth-order valence-electron chi connectivity index (χ4n) is 3.29. The number of carbonyl (C=O) groups is 1. The van der Waals surface area contributed by atoms with Crippen molar-refractivity contribution in [1.82, 2.24) is 10.2 Å². The van der Waals surface area contributed by atoms with E-state index >= 15 is 0 Å². The van der Waals surface area contributed by atoms with Crippen LogP contribution in [0.5, 0.6) is 0 Å².